The second kappa shape index (κ2) is 4.77. The van der Waals surface area contributed by atoms with E-state index in [0.29, 0.717) is 16.9 Å². The Hall–Kier alpha value is -0.870. The molecule has 2 rings (SSSR count). The van der Waals surface area contributed by atoms with Gasteiger partial charge >= 0.3 is 0 Å². The van der Waals surface area contributed by atoms with Gasteiger partial charge in [0.25, 0.3) is 0 Å². The molecule has 2 heterocycles. The van der Waals surface area contributed by atoms with E-state index in [0.717, 1.165) is 38.2 Å². The fourth-order valence-corrected chi connectivity index (χ4v) is 1.93. The molecule has 82 valence electrons. The van der Waals surface area contributed by atoms with Crippen molar-refractivity contribution in [3.05, 3.63) is 17.0 Å². The molecule has 15 heavy (non-hydrogen) atoms. The molecule has 0 radical (unpaired) electrons. The van der Waals surface area contributed by atoms with E-state index < -0.39 is 0 Å². The van der Waals surface area contributed by atoms with E-state index in [2.05, 4.69) is 9.97 Å². The molecule has 0 bridgehead atoms. The molecule has 0 amide bonds. The van der Waals surface area contributed by atoms with Crippen LogP contribution in [0.25, 0.3) is 0 Å². The molecule has 0 unspecified atom stereocenters. The van der Waals surface area contributed by atoms with E-state index >= 15 is 0 Å². The lowest BCUT2D eigenvalue weighted by atomic mass is 9.95. The van der Waals surface area contributed by atoms with Crippen LogP contribution in [0.4, 0.5) is 5.82 Å². The van der Waals surface area contributed by atoms with Gasteiger partial charge in [-0.05, 0) is 25.2 Å². The molecule has 1 aliphatic heterocycles. The lowest BCUT2D eigenvalue weighted by molar-refractivity contribution is 0.0663. The van der Waals surface area contributed by atoms with E-state index in [1.165, 1.54) is 0 Å². The summed E-state index contributed by atoms with van der Waals surface area (Å²) in [6.45, 7) is 1.68. The molecule has 1 saturated heterocycles. The van der Waals surface area contributed by atoms with Crippen molar-refractivity contribution in [2.24, 2.45) is 5.92 Å². The van der Waals surface area contributed by atoms with Gasteiger partial charge in [0.05, 0.1) is 11.9 Å². The molecule has 0 aromatic carbocycles. The summed E-state index contributed by atoms with van der Waals surface area (Å²) in [6, 6.07) is 0. The number of anilines is 1. The summed E-state index contributed by atoms with van der Waals surface area (Å²) < 4.78 is 5.30. The summed E-state index contributed by atoms with van der Waals surface area (Å²) in [7, 11) is 0. The van der Waals surface area contributed by atoms with Crippen LogP contribution in [0.5, 0.6) is 0 Å². The van der Waals surface area contributed by atoms with Crippen molar-refractivity contribution >= 4 is 17.4 Å². The average Bonchev–Trinajstić information content (AvgIpc) is 2.24. The van der Waals surface area contributed by atoms with Crippen LogP contribution in [0.3, 0.4) is 0 Å². The first kappa shape index (κ1) is 10.6. The number of halogens is 1. The Balaban J connectivity index is 2.03. The molecular weight excluding hydrogens is 214 g/mol. The van der Waals surface area contributed by atoms with Gasteiger partial charge in [-0.1, -0.05) is 11.6 Å². The van der Waals surface area contributed by atoms with E-state index in [-0.39, 0.29) is 0 Å². The van der Waals surface area contributed by atoms with Gasteiger partial charge in [-0.25, -0.2) is 4.98 Å². The summed E-state index contributed by atoms with van der Waals surface area (Å²) in [5.41, 5.74) is 6.60. The Morgan fingerprint density at radius 1 is 1.47 bits per heavy atom. The molecule has 1 aromatic rings. The Morgan fingerprint density at radius 2 is 2.20 bits per heavy atom. The maximum Gasteiger partial charge on any atom is 0.149 e. The monoisotopic (exact) mass is 227 g/mol. The lowest BCUT2D eigenvalue weighted by Crippen LogP contribution is -2.18. The van der Waals surface area contributed by atoms with Gasteiger partial charge in [0.1, 0.15) is 11.0 Å². The second-order valence-corrected chi connectivity index (χ2v) is 4.17. The molecule has 0 spiro atoms. The van der Waals surface area contributed by atoms with Gasteiger partial charge in [0.2, 0.25) is 0 Å². The highest BCUT2D eigenvalue weighted by molar-refractivity contribution is 6.29. The SMILES string of the molecule is Nc1nc(Cl)cnc1CC1CCOCC1. The van der Waals surface area contributed by atoms with E-state index in [9.17, 15) is 0 Å². The summed E-state index contributed by atoms with van der Waals surface area (Å²) in [5, 5.41) is 0.350. The minimum Gasteiger partial charge on any atom is -0.382 e. The highest BCUT2D eigenvalue weighted by atomic mass is 35.5. The standard InChI is InChI=1S/C10H14ClN3O/c11-9-6-13-8(10(12)14-9)5-7-1-3-15-4-2-7/h6-7H,1-5H2,(H2,12,14). The molecule has 1 aromatic heterocycles. The Morgan fingerprint density at radius 3 is 2.87 bits per heavy atom. The molecule has 0 saturated carbocycles. The number of rotatable bonds is 2. The van der Waals surface area contributed by atoms with Crippen molar-refractivity contribution < 1.29 is 4.74 Å². The van der Waals surface area contributed by atoms with Crippen LogP contribution in [0, 0.1) is 5.92 Å². The Kier molecular flexibility index (Phi) is 3.38. The van der Waals surface area contributed by atoms with Crippen LogP contribution in [-0.2, 0) is 11.2 Å². The maximum absolute atomic E-state index is 5.75. The van der Waals surface area contributed by atoms with Crippen LogP contribution in [0.2, 0.25) is 5.15 Å². The van der Waals surface area contributed by atoms with Crippen LogP contribution in [0.1, 0.15) is 18.5 Å². The number of hydrogen-bond donors (Lipinski definition) is 1. The minimum atomic E-state index is 0.350. The minimum absolute atomic E-state index is 0.350. The van der Waals surface area contributed by atoms with Crippen molar-refractivity contribution in [1.82, 2.24) is 9.97 Å². The first-order valence-electron chi connectivity index (χ1n) is 5.10. The second-order valence-electron chi connectivity index (χ2n) is 3.78. The van der Waals surface area contributed by atoms with Gasteiger partial charge < -0.3 is 10.5 Å². The summed E-state index contributed by atoms with van der Waals surface area (Å²) in [4.78, 5) is 8.20. The number of ether oxygens (including phenoxy) is 1. The molecule has 1 aliphatic rings. The van der Waals surface area contributed by atoms with E-state index in [4.69, 9.17) is 22.1 Å². The smallest absolute Gasteiger partial charge is 0.149 e. The zero-order chi connectivity index (χ0) is 10.7. The maximum atomic E-state index is 5.75. The van der Waals surface area contributed by atoms with Crippen LogP contribution in [-0.4, -0.2) is 23.2 Å². The van der Waals surface area contributed by atoms with Crippen molar-refractivity contribution in [3.8, 4) is 0 Å². The van der Waals surface area contributed by atoms with Crippen LogP contribution in [0.15, 0.2) is 6.20 Å². The van der Waals surface area contributed by atoms with Crippen molar-refractivity contribution in [2.75, 3.05) is 18.9 Å². The zero-order valence-electron chi connectivity index (χ0n) is 8.45. The first-order valence-corrected chi connectivity index (χ1v) is 5.48. The molecule has 0 aliphatic carbocycles. The predicted octanol–water partition coefficient (Wildman–Crippen LogP) is 1.68. The predicted molar refractivity (Wildman–Crippen MR) is 58.7 cm³/mol. The lowest BCUT2D eigenvalue weighted by Gasteiger charge is -2.21. The fourth-order valence-electron chi connectivity index (χ4n) is 1.79. The Labute approximate surface area is 93.8 Å². The largest absolute Gasteiger partial charge is 0.382 e. The number of hydrogen-bond acceptors (Lipinski definition) is 4. The molecule has 5 heteroatoms. The van der Waals surface area contributed by atoms with Gasteiger partial charge in [-0.2, -0.15) is 0 Å². The first-order chi connectivity index (χ1) is 7.25. The third-order valence-corrected chi connectivity index (χ3v) is 2.85. The quantitative estimate of drug-likeness (QED) is 0.835. The van der Waals surface area contributed by atoms with E-state index in [1.54, 1.807) is 6.20 Å². The van der Waals surface area contributed by atoms with Gasteiger partial charge in [-0.15, -0.1) is 0 Å². The summed E-state index contributed by atoms with van der Waals surface area (Å²) in [6.07, 6.45) is 4.57. The van der Waals surface area contributed by atoms with Crippen molar-refractivity contribution in [2.45, 2.75) is 19.3 Å². The number of aromatic nitrogens is 2. The van der Waals surface area contributed by atoms with Crippen molar-refractivity contribution in [1.29, 1.82) is 0 Å². The topological polar surface area (TPSA) is 61.0 Å². The fraction of sp³-hybridized carbons (Fsp3) is 0.600. The third-order valence-electron chi connectivity index (χ3n) is 2.67. The number of nitrogen functional groups attached to an aromatic ring is 1. The van der Waals surface area contributed by atoms with Gasteiger partial charge in [-0.3, -0.25) is 4.98 Å². The van der Waals surface area contributed by atoms with Crippen molar-refractivity contribution in [3.63, 3.8) is 0 Å². The van der Waals surface area contributed by atoms with E-state index in [1.807, 2.05) is 0 Å². The average molecular weight is 228 g/mol. The van der Waals surface area contributed by atoms with Gasteiger partial charge in [0.15, 0.2) is 0 Å². The number of nitrogens with zero attached hydrogens (tertiary/aromatic N) is 2. The molecule has 0 atom stereocenters. The summed E-state index contributed by atoms with van der Waals surface area (Å²) in [5.74, 6) is 1.06. The molecular formula is C10H14ClN3O. The Bertz CT molecular complexity index is 339. The van der Waals surface area contributed by atoms with Crippen LogP contribution >= 0.6 is 11.6 Å². The molecule has 4 nitrogen and oxygen atoms in total. The zero-order valence-corrected chi connectivity index (χ0v) is 9.20. The summed E-state index contributed by atoms with van der Waals surface area (Å²) >= 11 is 5.69. The third kappa shape index (κ3) is 2.79. The number of nitrogens with two attached hydrogens (primary N) is 1. The highest BCUT2D eigenvalue weighted by Gasteiger charge is 2.16. The molecule has 2 N–H and O–H groups in total. The van der Waals surface area contributed by atoms with Gasteiger partial charge in [0, 0.05) is 13.2 Å². The van der Waals surface area contributed by atoms with Crippen LogP contribution < -0.4 is 5.73 Å². The normalized spacial score (nSPS) is 17.9. The highest BCUT2D eigenvalue weighted by Crippen LogP contribution is 2.21. The molecule has 1 fully saturated rings.